The fraction of sp³-hybridized carbons (Fsp3) is 0.143. The van der Waals surface area contributed by atoms with E-state index in [4.69, 9.17) is 21.1 Å². The SMILES string of the molecule is Clc1ccc2c(c1Br)OCO2. The van der Waals surface area contributed by atoms with Crippen LogP contribution in [0.4, 0.5) is 0 Å². The number of halogens is 2. The van der Waals surface area contributed by atoms with E-state index < -0.39 is 0 Å². The van der Waals surface area contributed by atoms with Crippen LogP contribution >= 0.6 is 27.5 Å². The van der Waals surface area contributed by atoms with Crippen LogP contribution in [0, 0.1) is 0 Å². The van der Waals surface area contributed by atoms with Gasteiger partial charge in [-0.2, -0.15) is 0 Å². The minimum Gasteiger partial charge on any atom is -0.454 e. The Morgan fingerprint density at radius 3 is 3.00 bits per heavy atom. The molecule has 1 aromatic carbocycles. The molecule has 0 saturated heterocycles. The molecule has 1 aromatic rings. The van der Waals surface area contributed by atoms with E-state index in [2.05, 4.69) is 15.9 Å². The van der Waals surface area contributed by atoms with Crippen LogP contribution < -0.4 is 9.47 Å². The van der Waals surface area contributed by atoms with Crippen LogP contribution in [0.1, 0.15) is 0 Å². The molecule has 0 bridgehead atoms. The molecule has 2 nitrogen and oxygen atoms in total. The summed E-state index contributed by atoms with van der Waals surface area (Å²) in [5.41, 5.74) is 0. The van der Waals surface area contributed by atoms with Crippen molar-refractivity contribution in [1.82, 2.24) is 0 Å². The number of rotatable bonds is 0. The Morgan fingerprint density at radius 1 is 1.36 bits per heavy atom. The summed E-state index contributed by atoms with van der Waals surface area (Å²) in [4.78, 5) is 0. The molecule has 0 radical (unpaired) electrons. The second kappa shape index (κ2) is 2.57. The molecule has 0 amide bonds. The predicted molar refractivity (Wildman–Crippen MR) is 45.3 cm³/mol. The van der Waals surface area contributed by atoms with Crippen LogP contribution in [0.2, 0.25) is 5.02 Å². The second-order valence-electron chi connectivity index (χ2n) is 2.10. The summed E-state index contributed by atoms with van der Waals surface area (Å²) in [7, 11) is 0. The van der Waals surface area contributed by atoms with E-state index in [-0.39, 0.29) is 6.79 Å². The van der Waals surface area contributed by atoms with Crippen molar-refractivity contribution in [2.45, 2.75) is 0 Å². The summed E-state index contributed by atoms with van der Waals surface area (Å²) >= 11 is 9.10. The van der Waals surface area contributed by atoms with Crippen molar-refractivity contribution in [2.75, 3.05) is 6.79 Å². The molecule has 0 N–H and O–H groups in total. The Bertz CT molecular complexity index is 301. The van der Waals surface area contributed by atoms with E-state index in [0.29, 0.717) is 10.8 Å². The zero-order valence-corrected chi connectivity index (χ0v) is 7.78. The minimum atomic E-state index is 0.272. The zero-order chi connectivity index (χ0) is 7.84. The molecule has 0 aliphatic carbocycles. The first-order valence-electron chi connectivity index (χ1n) is 3.02. The van der Waals surface area contributed by atoms with Gasteiger partial charge in [0.05, 0.1) is 9.50 Å². The number of benzene rings is 1. The van der Waals surface area contributed by atoms with Gasteiger partial charge in [-0.25, -0.2) is 0 Å². The first-order chi connectivity index (χ1) is 5.29. The highest BCUT2D eigenvalue weighted by Gasteiger charge is 2.17. The van der Waals surface area contributed by atoms with Crippen molar-refractivity contribution in [3.05, 3.63) is 21.6 Å². The number of hydrogen-bond donors (Lipinski definition) is 0. The Kier molecular flexibility index (Phi) is 1.69. The topological polar surface area (TPSA) is 18.5 Å². The third-order valence-electron chi connectivity index (χ3n) is 1.43. The highest BCUT2D eigenvalue weighted by Crippen LogP contribution is 2.42. The Morgan fingerprint density at radius 2 is 2.18 bits per heavy atom. The van der Waals surface area contributed by atoms with Crippen LogP contribution in [0.5, 0.6) is 11.5 Å². The largest absolute Gasteiger partial charge is 0.454 e. The highest BCUT2D eigenvalue weighted by molar-refractivity contribution is 9.10. The second-order valence-corrected chi connectivity index (χ2v) is 3.30. The summed E-state index contributed by atoms with van der Waals surface area (Å²) in [5, 5.41) is 0.634. The molecule has 0 atom stereocenters. The highest BCUT2D eigenvalue weighted by atomic mass is 79.9. The normalized spacial score (nSPS) is 13.6. The summed E-state index contributed by atoms with van der Waals surface area (Å²) in [6.07, 6.45) is 0. The summed E-state index contributed by atoms with van der Waals surface area (Å²) in [6, 6.07) is 3.55. The Balaban J connectivity index is 2.62. The van der Waals surface area contributed by atoms with Crippen molar-refractivity contribution < 1.29 is 9.47 Å². The van der Waals surface area contributed by atoms with Gasteiger partial charge < -0.3 is 9.47 Å². The monoisotopic (exact) mass is 234 g/mol. The van der Waals surface area contributed by atoms with Crippen LogP contribution in [0.25, 0.3) is 0 Å². The lowest BCUT2D eigenvalue weighted by Gasteiger charge is -1.99. The van der Waals surface area contributed by atoms with Crippen molar-refractivity contribution in [2.24, 2.45) is 0 Å². The molecule has 0 unspecified atom stereocenters. The molecule has 4 heteroatoms. The third kappa shape index (κ3) is 1.08. The maximum absolute atomic E-state index is 5.81. The molecule has 1 aliphatic rings. The number of hydrogen-bond acceptors (Lipinski definition) is 2. The standard InChI is InChI=1S/C7H4BrClO2/c8-6-4(9)1-2-5-7(6)11-3-10-5/h1-2H,3H2. The molecular formula is C7H4BrClO2. The summed E-state index contributed by atoms with van der Waals surface area (Å²) < 4.78 is 11.0. The van der Waals surface area contributed by atoms with Crippen LogP contribution in [-0.4, -0.2) is 6.79 Å². The van der Waals surface area contributed by atoms with Crippen LogP contribution in [-0.2, 0) is 0 Å². The van der Waals surface area contributed by atoms with Gasteiger partial charge in [0.2, 0.25) is 6.79 Å². The van der Waals surface area contributed by atoms with Gasteiger partial charge >= 0.3 is 0 Å². The van der Waals surface area contributed by atoms with E-state index in [1.54, 1.807) is 12.1 Å². The van der Waals surface area contributed by atoms with Gasteiger partial charge in [-0.15, -0.1) is 0 Å². The lowest BCUT2D eigenvalue weighted by Crippen LogP contribution is -1.93. The van der Waals surface area contributed by atoms with Crippen LogP contribution in [0.3, 0.4) is 0 Å². The van der Waals surface area contributed by atoms with Gasteiger partial charge in [0.25, 0.3) is 0 Å². The Labute approximate surface area is 77.2 Å². The lowest BCUT2D eigenvalue weighted by atomic mass is 10.3. The Hall–Kier alpha value is -0.410. The van der Waals surface area contributed by atoms with Gasteiger partial charge in [0.15, 0.2) is 11.5 Å². The predicted octanol–water partition coefficient (Wildman–Crippen LogP) is 2.83. The fourth-order valence-corrected chi connectivity index (χ4v) is 1.51. The number of ether oxygens (including phenoxy) is 2. The van der Waals surface area contributed by atoms with Gasteiger partial charge in [-0.1, -0.05) is 11.6 Å². The lowest BCUT2D eigenvalue weighted by molar-refractivity contribution is 0.173. The van der Waals surface area contributed by atoms with E-state index in [1.165, 1.54) is 0 Å². The quantitative estimate of drug-likeness (QED) is 0.688. The first kappa shape index (κ1) is 7.25. The molecule has 0 spiro atoms. The molecule has 11 heavy (non-hydrogen) atoms. The van der Waals surface area contributed by atoms with Gasteiger partial charge in [-0.3, -0.25) is 0 Å². The van der Waals surface area contributed by atoms with Crippen molar-refractivity contribution in [3.63, 3.8) is 0 Å². The van der Waals surface area contributed by atoms with Crippen molar-refractivity contribution in [1.29, 1.82) is 0 Å². The number of fused-ring (bicyclic) bond motifs is 1. The smallest absolute Gasteiger partial charge is 0.231 e. The average Bonchev–Trinajstić information content (AvgIpc) is 2.45. The summed E-state index contributed by atoms with van der Waals surface area (Å²) in [5.74, 6) is 1.43. The molecule has 1 heterocycles. The fourth-order valence-electron chi connectivity index (χ4n) is 0.914. The molecule has 0 saturated carbocycles. The van der Waals surface area contributed by atoms with Gasteiger partial charge in [0, 0.05) is 0 Å². The molecular weight excluding hydrogens is 231 g/mol. The molecule has 0 aromatic heterocycles. The molecule has 1 aliphatic heterocycles. The maximum Gasteiger partial charge on any atom is 0.231 e. The van der Waals surface area contributed by atoms with E-state index in [1.807, 2.05) is 0 Å². The maximum atomic E-state index is 5.81. The first-order valence-corrected chi connectivity index (χ1v) is 4.20. The van der Waals surface area contributed by atoms with E-state index in [0.717, 1.165) is 10.2 Å². The minimum absolute atomic E-state index is 0.272. The zero-order valence-electron chi connectivity index (χ0n) is 5.43. The van der Waals surface area contributed by atoms with Gasteiger partial charge in [-0.05, 0) is 28.1 Å². The van der Waals surface area contributed by atoms with Crippen molar-refractivity contribution in [3.8, 4) is 11.5 Å². The van der Waals surface area contributed by atoms with E-state index in [9.17, 15) is 0 Å². The molecule has 58 valence electrons. The molecule has 0 fully saturated rings. The third-order valence-corrected chi connectivity index (χ3v) is 2.76. The van der Waals surface area contributed by atoms with Crippen LogP contribution in [0.15, 0.2) is 16.6 Å². The van der Waals surface area contributed by atoms with Crippen molar-refractivity contribution >= 4 is 27.5 Å². The average molecular weight is 235 g/mol. The summed E-state index contributed by atoms with van der Waals surface area (Å²) in [6.45, 7) is 0.272. The van der Waals surface area contributed by atoms with E-state index >= 15 is 0 Å². The van der Waals surface area contributed by atoms with Gasteiger partial charge in [0.1, 0.15) is 0 Å². The molecule has 2 rings (SSSR count).